The number of halogens is 1. The number of Topliss-reactive ketones (excluding diaryl/α,β-unsaturated/α-hetero) is 1. The second kappa shape index (κ2) is 5.80. The minimum atomic E-state index is -0.566. The molecule has 0 amide bonds. The molecule has 1 heterocycles. The molecule has 1 N–H and O–H groups in total. The minimum Gasteiger partial charge on any atom is -0.390 e. The highest BCUT2D eigenvalue weighted by molar-refractivity contribution is 5.96. The van der Waals surface area contributed by atoms with E-state index >= 15 is 0 Å². The zero-order valence-corrected chi connectivity index (χ0v) is 11.2. The Morgan fingerprint density at radius 2 is 2.11 bits per heavy atom. The van der Waals surface area contributed by atoms with Crippen molar-refractivity contribution >= 4 is 5.78 Å². The number of rotatable bonds is 4. The Morgan fingerprint density at radius 3 is 2.74 bits per heavy atom. The van der Waals surface area contributed by atoms with Crippen molar-refractivity contribution in [2.75, 3.05) is 19.6 Å². The van der Waals surface area contributed by atoms with Gasteiger partial charge < -0.3 is 10.0 Å². The Kier molecular flexibility index (Phi) is 4.32. The summed E-state index contributed by atoms with van der Waals surface area (Å²) in [7, 11) is 0. The quantitative estimate of drug-likeness (QED) is 0.849. The molecule has 1 saturated heterocycles. The van der Waals surface area contributed by atoms with Crippen molar-refractivity contribution in [3.8, 4) is 0 Å². The lowest BCUT2D eigenvalue weighted by atomic mass is 9.93. The molecule has 0 aliphatic carbocycles. The molecule has 1 aliphatic rings. The Balaban J connectivity index is 1.81. The summed E-state index contributed by atoms with van der Waals surface area (Å²) in [5.41, 5.74) is -0.132. The predicted molar refractivity (Wildman–Crippen MR) is 71.6 cm³/mol. The fourth-order valence-electron chi connectivity index (χ4n) is 2.32. The van der Waals surface area contributed by atoms with E-state index in [0.717, 1.165) is 25.9 Å². The average Bonchev–Trinajstić information content (AvgIpc) is 2.37. The van der Waals surface area contributed by atoms with Crippen molar-refractivity contribution in [1.29, 1.82) is 0 Å². The molecule has 0 radical (unpaired) electrons. The van der Waals surface area contributed by atoms with Crippen LogP contribution in [-0.4, -0.2) is 41.0 Å². The van der Waals surface area contributed by atoms with Crippen molar-refractivity contribution in [2.24, 2.45) is 0 Å². The van der Waals surface area contributed by atoms with Crippen LogP contribution in [0.2, 0.25) is 0 Å². The lowest BCUT2D eigenvalue weighted by molar-refractivity contribution is -0.00506. The summed E-state index contributed by atoms with van der Waals surface area (Å²) in [6.45, 7) is 4.14. The van der Waals surface area contributed by atoms with E-state index in [1.54, 1.807) is 12.1 Å². The van der Waals surface area contributed by atoms with Gasteiger partial charge in [0.15, 0.2) is 5.78 Å². The third-order valence-corrected chi connectivity index (χ3v) is 3.73. The maximum Gasteiger partial charge on any atom is 0.164 e. The normalized spacial score (nSPS) is 19.3. The molecule has 1 aromatic carbocycles. The maximum absolute atomic E-state index is 13.0. The molecule has 0 saturated carbocycles. The van der Waals surface area contributed by atoms with Gasteiger partial charge in [-0.25, -0.2) is 4.39 Å². The number of likely N-dealkylation sites (tertiary alicyclic amines) is 1. The van der Waals surface area contributed by atoms with Gasteiger partial charge in [-0.15, -0.1) is 0 Å². The van der Waals surface area contributed by atoms with Gasteiger partial charge in [0.05, 0.1) is 5.60 Å². The molecule has 0 bridgehead atoms. The highest BCUT2D eigenvalue weighted by Gasteiger charge is 2.27. The molecular weight excluding hydrogens is 245 g/mol. The van der Waals surface area contributed by atoms with Crippen LogP contribution in [0.15, 0.2) is 24.3 Å². The third-order valence-electron chi connectivity index (χ3n) is 3.73. The van der Waals surface area contributed by atoms with Gasteiger partial charge in [-0.05, 0) is 31.9 Å². The Hall–Kier alpha value is -1.26. The van der Waals surface area contributed by atoms with Crippen molar-refractivity contribution in [3.63, 3.8) is 0 Å². The van der Waals surface area contributed by atoms with Crippen LogP contribution in [0.3, 0.4) is 0 Å². The molecule has 0 spiro atoms. The predicted octanol–water partition coefficient (Wildman–Crippen LogP) is 2.25. The van der Waals surface area contributed by atoms with E-state index in [2.05, 4.69) is 4.90 Å². The van der Waals surface area contributed by atoms with E-state index in [1.807, 2.05) is 6.92 Å². The lowest BCUT2D eigenvalue weighted by Gasteiger charge is -2.35. The molecule has 1 aliphatic heterocycles. The molecule has 4 heteroatoms. The molecule has 104 valence electrons. The van der Waals surface area contributed by atoms with Crippen LogP contribution >= 0.6 is 0 Å². The van der Waals surface area contributed by atoms with E-state index in [0.29, 0.717) is 18.5 Å². The Morgan fingerprint density at radius 1 is 1.42 bits per heavy atom. The van der Waals surface area contributed by atoms with Crippen molar-refractivity contribution in [2.45, 2.75) is 31.8 Å². The summed E-state index contributed by atoms with van der Waals surface area (Å²) in [5.74, 6) is -0.406. The molecule has 0 aromatic heterocycles. The lowest BCUT2D eigenvalue weighted by Crippen LogP contribution is -2.43. The molecule has 0 unspecified atom stereocenters. The van der Waals surface area contributed by atoms with Gasteiger partial charge >= 0.3 is 0 Å². The van der Waals surface area contributed by atoms with Crippen LogP contribution in [0, 0.1) is 5.82 Å². The molecule has 1 fully saturated rings. The first-order valence-corrected chi connectivity index (χ1v) is 6.70. The first-order valence-electron chi connectivity index (χ1n) is 6.70. The summed E-state index contributed by atoms with van der Waals surface area (Å²) >= 11 is 0. The van der Waals surface area contributed by atoms with E-state index in [1.165, 1.54) is 12.1 Å². The van der Waals surface area contributed by atoms with Crippen LogP contribution in [0.25, 0.3) is 0 Å². The summed E-state index contributed by atoms with van der Waals surface area (Å²) in [6.07, 6.45) is 1.87. The molecule has 0 atom stereocenters. The van der Waals surface area contributed by atoms with Crippen molar-refractivity contribution in [3.05, 3.63) is 35.6 Å². The first kappa shape index (κ1) is 14.2. The highest BCUT2D eigenvalue weighted by Crippen LogP contribution is 2.21. The second-order valence-electron chi connectivity index (χ2n) is 5.52. The number of ketones is 1. The molecule has 1 aromatic rings. The van der Waals surface area contributed by atoms with Crippen LogP contribution in [0.1, 0.15) is 36.5 Å². The maximum atomic E-state index is 13.0. The van der Waals surface area contributed by atoms with Gasteiger partial charge in [0.25, 0.3) is 0 Å². The highest BCUT2D eigenvalue weighted by atomic mass is 19.1. The monoisotopic (exact) mass is 265 g/mol. The van der Waals surface area contributed by atoms with E-state index in [-0.39, 0.29) is 11.6 Å². The van der Waals surface area contributed by atoms with Crippen molar-refractivity contribution < 1.29 is 14.3 Å². The summed E-state index contributed by atoms with van der Waals surface area (Å²) in [4.78, 5) is 14.1. The smallest absolute Gasteiger partial charge is 0.164 e. The molecule has 3 nitrogen and oxygen atoms in total. The SMILES string of the molecule is CC1(O)CCN(CCC(=O)c2cccc(F)c2)CC1. The number of hydrogen-bond donors (Lipinski definition) is 1. The average molecular weight is 265 g/mol. The fraction of sp³-hybridized carbons (Fsp3) is 0.533. The van der Waals surface area contributed by atoms with Gasteiger partial charge in [-0.3, -0.25) is 4.79 Å². The van der Waals surface area contributed by atoms with Gasteiger partial charge in [0, 0.05) is 31.6 Å². The Bertz CT molecular complexity index is 449. The fourth-order valence-corrected chi connectivity index (χ4v) is 2.32. The number of carbonyl (C=O) groups is 1. The van der Waals surface area contributed by atoms with Crippen LogP contribution in [-0.2, 0) is 0 Å². The van der Waals surface area contributed by atoms with Crippen molar-refractivity contribution in [1.82, 2.24) is 4.90 Å². The van der Waals surface area contributed by atoms with Crippen LogP contribution in [0.4, 0.5) is 4.39 Å². The van der Waals surface area contributed by atoms with Gasteiger partial charge in [-0.2, -0.15) is 0 Å². The number of carbonyl (C=O) groups excluding carboxylic acids is 1. The van der Waals surface area contributed by atoms with E-state index < -0.39 is 5.60 Å². The number of nitrogens with zero attached hydrogens (tertiary/aromatic N) is 1. The molecule has 19 heavy (non-hydrogen) atoms. The summed E-state index contributed by atoms with van der Waals surface area (Å²) in [6, 6.07) is 5.82. The standard InChI is InChI=1S/C15H20FNO2/c1-15(19)6-9-17(10-7-15)8-5-14(18)12-3-2-4-13(16)11-12/h2-4,11,19H,5-10H2,1H3. The third kappa shape index (κ3) is 4.11. The topological polar surface area (TPSA) is 40.5 Å². The van der Waals surface area contributed by atoms with Gasteiger partial charge in [0.1, 0.15) is 5.82 Å². The minimum absolute atomic E-state index is 0.0307. The molecular formula is C15H20FNO2. The Labute approximate surface area is 113 Å². The zero-order valence-electron chi connectivity index (χ0n) is 11.2. The van der Waals surface area contributed by atoms with Gasteiger partial charge in [0.2, 0.25) is 0 Å². The number of hydrogen-bond acceptors (Lipinski definition) is 3. The largest absolute Gasteiger partial charge is 0.390 e. The summed E-state index contributed by atoms with van der Waals surface area (Å²) in [5, 5.41) is 9.84. The van der Waals surface area contributed by atoms with Crippen LogP contribution in [0.5, 0.6) is 0 Å². The summed E-state index contributed by atoms with van der Waals surface area (Å²) < 4.78 is 13.0. The molecule has 2 rings (SSSR count). The second-order valence-corrected chi connectivity index (χ2v) is 5.52. The van der Waals surface area contributed by atoms with Crippen LogP contribution < -0.4 is 0 Å². The zero-order chi connectivity index (χ0) is 13.9. The number of benzene rings is 1. The first-order chi connectivity index (χ1) is 8.96. The number of aliphatic hydroxyl groups is 1. The van der Waals surface area contributed by atoms with E-state index in [9.17, 15) is 14.3 Å². The van der Waals surface area contributed by atoms with Gasteiger partial charge in [-0.1, -0.05) is 12.1 Å². The van der Waals surface area contributed by atoms with E-state index in [4.69, 9.17) is 0 Å². The number of piperidine rings is 1.